The third-order valence-electron chi connectivity index (χ3n) is 5.92. The molecule has 1 aliphatic rings. The monoisotopic (exact) mass is 466 g/mol. The number of aryl methyl sites for hydroxylation is 1. The quantitative estimate of drug-likeness (QED) is 0.367. The van der Waals surface area contributed by atoms with Crippen molar-refractivity contribution in [3.63, 3.8) is 0 Å². The molecule has 0 amide bonds. The summed E-state index contributed by atoms with van der Waals surface area (Å²) in [5.41, 5.74) is 3.90. The van der Waals surface area contributed by atoms with Crippen LogP contribution in [0.25, 0.3) is 0 Å². The molecule has 4 rings (SSSR count). The van der Waals surface area contributed by atoms with E-state index >= 15 is 0 Å². The second-order valence-electron chi connectivity index (χ2n) is 8.61. The van der Waals surface area contributed by atoms with E-state index in [-0.39, 0.29) is 6.10 Å². The average molecular weight is 467 g/mol. The van der Waals surface area contributed by atoms with Crippen LogP contribution in [0, 0.1) is 6.92 Å². The van der Waals surface area contributed by atoms with Crippen LogP contribution in [0.5, 0.6) is 5.75 Å². The molecule has 1 fully saturated rings. The minimum atomic E-state index is 0.244. The molecule has 2 heterocycles. The number of ether oxygens (including phenoxy) is 2. The number of hydrogen-bond donors (Lipinski definition) is 0. The van der Waals surface area contributed by atoms with Crippen LogP contribution in [0.1, 0.15) is 42.3 Å². The molecule has 0 saturated carbocycles. The Hall–Kier alpha value is -2.35. The van der Waals surface area contributed by atoms with Gasteiger partial charge in [-0.05, 0) is 62.6 Å². The summed E-state index contributed by atoms with van der Waals surface area (Å²) in [6.07, 6.45) is 2.47. The van der Waals surface area contributed by atoms with Crippen molar-refractivity contribution in [3.8, 4) is 5.75 Å². The first kappa shape index (κ1) is 23.8. The summed E-state index contributed by atoms with van der Waals surface area (Å²) in [4.78, 5) is 2.28. The lowest BCUT2D eigenvalue weighted by molar-refractivity contribution is 0.0934. The Balaban J connectivity index is 1.44. The molecular weight excluding hydrogens is 432 g/mol. The minimum Gasteiger partial charge on any atom is -0.494 e. The Morgan fingerprint density at radius 1 is 1.12 bits per heavy atom. The lowest BCUT2D eigenvalue weighted by atomic mass is 10.1. The molecule has 2 aromatic carbocycles. The summed E-state index contributed by atoms with van der Waals surface area (Å²) in [5, 5.41) is 10.1. The summed E-state index contributed by atoms with van der Waals surface area (Å²) in [7, 11) is 2.13. The Kier molecular flexibility index (Phi) is 8.42. The highest BCUT2D eigenvalue weighted by Gasteiger charge is 2.22. The zero-order chi connectivity index (χ0) is 23.0. The van der Waals surface area contributed by atoms with Gasteiger partial charge in [0.2, 0.25) is 0 Å². The van der Waals surface area contributed by atoms with E-state index < -0.39 is 0 Å². The van der Waals surface area contributed by atoms with Crippen LogP contribution in [0.2, 0.25) is 0 Å². The highest BCUT2D eigenvalue weighted by Crippen LogP contribution is 2.26. The predicted molar refractivity (Wildman–Crippen MR) is 133 cm³/mol. The summed E-state index contributed by atoms with van der Waals surface area (Å²) >= 11 is 1.76. The molecule has 7 heteroatoms. The highest BCUT2D eigenvalue weighted by atomic mass is 32.2. The number of aromatic nitrogens is 3. The zero-order valence-electron chi connectivity index (χ0n) is 19.9. The summed E-state index contributed by atoms with van der Waals surface area (Å²) in [6.45, 7) is 8.09. The molecule has 0 spiro atoms. The fourth-order valence-electron chi connectivity index (χ4n) is 4.10. The second kappa shape index (κ2) is 11.7. The van der Waals surface area contributed by atoms with Crippen LogP contribution < -0.4 is 4.74 Å². The maximum absolute atomic E-state index is 5.94. The van der Waals surface area contributed by atoms with Crippen LogP contribution in [0.3, 0.4) is 0 Å². The molecule has 0 aliphatic carbocycles. The molecule has 1 aromatic heterocycles. The van der Waals surface area contributed by atoms with Crippen LogP contribution in [-0.2, 0) is 30.1 Å². The molecule has 3 aromatic rings. The Labute approximate surface area is 201 Å². The van der Waals surface area contributed by atoms with Crippen LogP contribution in [0.15, 0.2) is 53.7 Å². The topological polar surface area (TPSA) is 52.4 Å². The van der Waals surface area contributed by atoms with Crippen molar-refractivity contribution < 1.29 is 9.47 Å². The molecule has 0 radical (unpaired) electrons. The lowest BCUT2D eigenvalue weighted by Gasteiger charge is -2.19. The van der Waals surface area contributed by atoms with Gasteiger partial charge in [-0.1, -0.05) is 48.2 Å². The summed E-state index contributed by atoms with van der Waals surface area (Å²) in [6, 6.07) is 16.9. The normalized spacial score (nSPS) is 15.9. The molecule has 176 valence electrons. The van der Waals surface area contributed by atoms with Crippen molar-refractivity contribution in [3.05, 3.63) is 71.0 Å². The van der Waals surface area contributed by atoms with E-state index in [2.05, 4.69) is 70.0 Å². The van der Waals surface area contributed by atoms with Crippen molar-refractivity contribution in [2.24, 2.45) is 0 Å². The molecule has 0 bridgehead atoms. The average Bonchev–Trinajstić information content (AvgIpc) is 3.46. The van der Waals surface area contributed by atoms with E-state index in [4.69, 9.17) is 9.47 Å². The summed E-state index contributed by atoms with van der Waals surface area (Å²) in [5.74, 6) is 2.79. The van der Waals surface area contributed by atoms with Gasteiger partial charge in [-0.3, -0.25) is 4.90 Å². The first-order valence-electron chi connectivity index (χ1n) is 11.7. The van der Waals surface area contributed by atoms with Crippen molar-refractivity contribution in [2.45, 2.75) is 63.3 Å². The van der Waals surface area contributed by atoms with Gasteiger partial charge in [0.15, 0.2) is 5.16 Å². The fraction of sp³-hybridized carbons (Fsp3) is 0.462. The fourth-order valence-corrected chi connectivity index (χ4v) is 5.14. The van der Waals surface area contributed by atoms with Crippen LogP contribution in [0.4, 0.5) is 0 Å². The minimum absolute atomic E-state index is 0.244. The van der Waals surface area contributed by atoms with Gasteiger partial charge in [-0.15, -0.1) is 10.2 Å². The molecular formula is C26H34N4O2S. The predicted octanol–water partition coefficient (Wildman–Crippen LogP) is 5.09. The van der Waals surface area contributed by atoms with Gasteiger partial charge < -0.3 is 14.0 Å². The Bertz CT molecular complexity index is 1020. The first-order valence-corrected chi connectivity index (χ1v) is 12.7. The van der Waals surface area contributed by atoms with Gasteiger partial charge in [0.25, 0.3) is 0 Å². The summed E-state index contributed by atoms with van der Waals surface area (Å²) < 4.78 is 13.8. The largest absolute Gasteiger partial charge is 0.494 e. The van der Waals surface area contributed by atoms with E-state index in [1.54, 1.807) is 11.8 Å². The van der Waals surface area contributed by atoms with E-state index in [0.29, 0.717) is 6.61 Å². The standard InChI is InChI=1S/C26H34N4O2S/c1-4-31-23-13-11-21(12-14-23)16-29(3)18-25-27-28-26(30(25)17-24-10-7-15-32-24)33-19-22-9-6-5-8-20(22)2/h5-6,8-9,11-14,24H,4,7,10,15-19H2,1-3H3. The zero-order valence-corrected chi connectivity index (χ0v) is 20.7. The van der Waals surface area contributed by atoms with Gasteiger partial charge in [-0.2, -0.15) is 0 Å². The van der Waals surface area contributed by atoms with E-state index in [9.17, 15) is 0 Å². The van der Waals surface area contributed by atoms with Gasteiger partial charge in [0, 0.05) is 18.9 Å². The molecule has 6 nitrogen and oxygen atoms in total. The second-order valence-corrected chi connectivity index (χ2v) is 9.55. The third kappa shape index (κ3) is 6.59. The maximum atomic E-state index is 5.94. The number of benzene rings is 2. The van der Waals surface area contributed by atoms with E-state index in [1.165, 1.54) is 16.7 Å². The van der Waals surface area contributed by atoms with Gasteiger partial charge >= 0.3 is 0 Å². The molecule has 0 N–H and O–H groups in total. The highest BCUT2D eigenvalue weighted by molar-refractivity contribution is 7.98. The van der Waals surface area contributed by atoms with E-state index in [0.717, 1.165) is 61.6 Å². The number of hydrogen-bond acceptors (Lipinski definition) is 6. The van der Waals surface area contributed by atoms with Gasteiger partial charge in [0.05, 0.1) is 25.8 Å². The van der Waals surface area contributed by atoms with Crippen LogP contribution in [-0.4, -0.2) is 46.0 Å². The maximum Gasteiger partial charge on any atom is 0.191 e. The number of nitrogens with zero attached hydrogens (tertiary/aromatic N) is 4. The van der Waals surface area contributed by atoms with Gasteiger partial charge in [-0.25, -0.2) is 0 Å². The molecule has 1 unspecified atom stereocenters. The van der Waals surface area contributed by atoms with Gasteiger partial charge in [0.1, 0.15) is 11.6 Å². The van der Waals surface area contributed by atoms with Crippen molar-refractivity contribution in [2.75, 3.05) is 20.3 Å². The van der Waals surface area contributed by atoms with E-state index in [1.807, 2.05) is 19.1 Å². The molecule has 1 saturated heterocycles. The van der Waals surface area contributed by atoms with Crippen molar-refractivity contribution in [1.82, 2.24) is 19.7 Å². The van der Waals surface area contributed by atoms with Crippen molar-refractivity contribution in [1.29, 1.82) is 0 Å². The SMILES string of the molecule is CCOc1ccc(CN(C)Cc2nnc(SCc3ccccc3C)n2CC2CCCO2)cc1. The molecule has 1 atom stereocenters. The smallest absolute Gasteiger partial charge is 0.191 e. The molecule has 1 aliphatic heterocycles. The Morgan fingerprint density at radius 2 is 1.94 bits per heavy atom. The molecule has 33 heavy (non-hydrogen) atoms. The Morgan fingerprint density at radius 3 is 2.67 bits per heavy atom. The third-order valence-corrected chi connectivity index (χ3v) is 6.94. The van der Waals surface area contributed by atoms with Crippen molar-refractivity contribution >= 4 is 11.8 Å². The first-order chi connectivity index (χ1) is 16.1. The number of thioether (sulfide) groups is 1. The number of rotatable bonds is 11. The van der Waals surface area contributed by atoms with Crippen LogP contribution >= 0.6 is 11.8 Å². The lowest BCUT2D eigenvalue weighted by Crippen LogP contribution is -2.23.